The van der Waals surface area contributed by atoms with Crippen LogP contribution in [0.3, 0.4) is 0 Å². The van der Waals surface area contributed by atoms with Gasteiger partial charge >= 0.3 is 6.03 Å². The van der Waals surface area contributed by atoms with Gasteiger partial charge in [0.25, 0.3) is 0 Å². The molecule has 0 unspecified atom stereocenters. The normalized spacial score (nSPS) is 13.3. The second-order valence-corrected chi connectivity index (χ2v) is 5.59. The number of aliphatic hydroxyl groups excluding tert-OH is 1. The number of hydrogen-bond acceptors (Lipinski definition) is 3. The summed E-state index contributed by atoms with van der Waals surface area (Å²) in [6.07, 6.45) is 0.724. The molecule has 2 atom stereocenters. The molecule has 0 saturated carbocycles. The highest BCUT2D eigenvalue weighted by molar-refractivity contribution is 5.74. The van der Waals surface area contributed by atoms with Crippen molar-refractivity contribution in [3.8, 4) is 6.07 Å². The van der Waals surface area contributed by atoms with E-state index in [-0.39, 0.29) is 24.7 Å². The minimum atomic E-state index is -0.315. The van der Waals surface area contributed by atoms with E-state index >= 15 is 0 Å². The molecular formula is C16H23N3O2. The lowest BCUT2D eigenvalue weighted by Gasteiger charge is -2.21. The molecule has 21 heavy (non-hydrogen) atoms. The van der Waals surface area contributed by atoms with Crippen molar-refractivity contribution in [2.24, 2.45) is 5.92 Å². The van der Waals surface area contributed by atoms with Gasteiger partial charge in [0.1, 0.15) is 0 Å². The third kappa shape index (κ3) is 5.84. The lowest BCUT2D eigenvalue weighted by Crippen LogP contribution is -2.45. The molecule has 2 amide bonds. The lowest BCUT2D eigenvalue weighted by molar-refractivity contribution is 0.205. The molecule has 5 nitrogen and oxygen atoms in total. The Kier molecular flexibility index (Phi) is 6.70. The van der Waals surface area contributed by atoms with E-state index in [2.05, 4.69) is 16.7 Å². The molecular weight excluding hydrogens is 266 g/mol. The zero-order chi connectivity index (χ0) is 15.8. The van der Waals surface area contributed by atoms with Crippen molar-refractivity contribution in [1.82, 2.24) is 10.6 Å². The largest absolute Gasteiger partial charge is 0.394 e. The Hall–Kier alpha value is -2.06. The minimum absolute atomic E-state index is 0.0795. The van der Waals surface area contributed by atoms with Crippen LogP contribution in [0.15, 0.2) is 24.3 Å². The Labute approximate surface area is 126 Å². The number of hydrogen-bond donors (Lipinski definition) is 3. The number of rotatable bonds is 6. The van der Waals surface area contributed by atoms with Gasteiger partial charge in [0, 0.05) is 0 Å². The molecule has 0 aliphatic carbocycles. The number of amides is 2. The molecule has 0 radical (unpaired) electrons. The Bertz CT molecular complexity index is 508. The van der Waals surface area contributed by atoms with Crippen LogP contribution in [0.1, 0.15) is 44.4 Å². The first kappa shape index (κ1) is 17.0. The summed E-state index contributed by atoms with van der Waals surface area (Å²) >= 11 is 0. The van der Waals surface area contributed by atoms with Gasteiger partial charge in [0.2, 0.25) is 0 Å². The van der Waals surface area contributed by atoms with Crippen LogP contribution in [0, 0.1) is 17.2 Å². The number of benzene rings is 1. The summed E-state index contributed by atoms with van der Waals surface area (Å²) in [5, 5.41) is 23.7. The fourth-order valence-electron chi connectivity index (χ4n) is 2.13. The molecule has 0 aromatic heterocycles. The van der Waals surface area contributed by atoms with E-state index in [0.29, 0.717) is 11.5 Å². The van der Waals surface area contributed by atoms with Crippen LogP contribution in [0.25, 0.3) is 0 Å². The van der Waals surface area contributed by atoms with Gasteiger partial charge in [-0.3, -0.25) is 0 Å². The van der Waals surface area contributed by atoms with E-state index in [9.17, 15) is 9.90 Å². The number of aliphatic hydroxyl groups is 1. The summed E-state index contributed by atoms with van der Waals surface area (Å²) in [4.78, 5) is 11.9. The van der Waals surface area contributed by atoms with Crippen molar-refractivity contribution in [3.63, 3.8) is 0 Å². The van der Waals surface area contributed by atoms with Gasteiger partial charge in [-0.05, 0) is 37.0 Å². The maximum absolute atomic E-state index is 11.9. The van der Waals surface area contributed by atoms with Crippen molar-refractivity contribution >= 4 is 6.03 Å². The number of nitriles is 1. The lowest BCUT2D eigenvalue weighted by atomic mass is 10.0. The molecule has 0 aliphatic rings. The van der Waals surface area contributed by atoms with Crippen molar-refractivity contribution in [3.05, 3.63) is 35.4 Å². The summed E-state index contributed by atoms with van der Waals surface area (Å²) in [5.41, 5.74) is 1.43. The maximum Gasteiger partial charge on any atom is 0.315 e. The Morgan fingerprint density at radius 1 is 1.33 bits per heavy atom. The third-order valence-corrected chi connectivity index (χ3v) is 3.17. The minimum Gasteiger partial charge on any atom is -0.394 e. The fourth-order valence-corrected chi connectivity index (χ4v) is 2.13. The number of carbonyl (C=O) groups excluding carboxylic acids is 1. The van der Waals surface area contributed by atoms with Crippen LogP contribution in [-0.2, 0) is 0 Å². The van der Waals surface area contributed by atoms with Gasteiger partial charge in [0.15, 0.2) is 0 Å². The Morgan fingerprint density at radius 2 is 2.05 bits per heavy atom. The van der Waals surface area contributed by atoms with Crippen molar-refractivity contribution in [1.29, 1.82) is 5.26 Å². The number of nitrogens with zero attached hydrogens (tertiary/aromatic N) is 1. The van der Waals surface area contributed by atoms with Gasteiger partial charge in [-0.15, -0.1) is 0 Å². The molecule has 0 spiro atoms. The van der Waals surface area contributed by atoms with Crippen molar-refractivity contribution in [2.45, 2.75) is 39.3 Å². The van der Waals surface area contributed by atoms with Crippen molar-refractivity contribution in [2.75, 3.05) is 6.61 Å². The Morgan fingerprint density at radius 3 is 2.62 bits per heavy atom. The second-order valence-electron chi connectivity index (χ2n) is 5.59. The standard InChI is InChI=1S/C16H23N3O2/c1-11(2)7-15(10-20)19-16(21)18-12(3)14-6-4-5-13(8-14)9-17/h4-6,8,11-12,15,20H,7,10H2,1-3H3,(H2,18,19,21)/t12-,15-/m1/s1. The van der Waals surface area contributed by atoms with Gasteiger partial charge in [-0.2, -0.15) is 5.26 Å². The first-order valence-corrected chi connectivity index (χ1v) is 7.14. The van der Waals surface area contributed by atoms with Crippen LogP contribution < -0.4 is 10.6 Å². The summed E-state index contributed by atoms with van der Waals surface area (Å²) in [6.45, 7) is 5.85. The first-order chi connectivity index (χ1) is 9.96. The average Bonchev–Trinajstić information content (AvgIpc) is 2.45. The van der Waals surface area contributed by atoms with Gasteiger partial charge in [-0.1, -0.05) is 26.0 Å². The second kappa shape index (κ2) is 8.28. The predicted octanol–water partition coefficient (Wildman–Crippen LogP) is 2.33. The summed E-state index contributed by atoms with van der Waals surface area (Å²) in [7, 11) is 0. The molecule has 1 rings (SSSR count). The fraction of sp³-hybridized carbons (Fsp3) is 0.500. The highest BCUT2D eigenvalue weighted by Crippen LogP contribution is 2.13. The molecule has 0 heterocycles. The molecule has 0 saturated heterocycles. The zero-order valence-electron chi connectivity index (χ0n) is 12.8. The summed E-state index contributed by atoms with van der Waals surface area (Å²) in [6, 6.07) is 8.43. The molecule has 0 aliphatic heterocycles. The summed E-state index contributed by atoms with van der Waals surface area (Å²) in [5.74, 6) is 0.396. The summed E-state index contributed by atoms with van der Waals surface area (Å²) < 4.78 is 0. The van der Waals surface area contributed by atoms with Crippen molar-refractivity contribution < 1.29 is 9.90 Å². The van der Waals surface area contributed by atoms with Crippen LogP contribution in [-0.4, -0.2) is 23.8 Å². The zero-order valence-corrected chi connectivity index (χ0v) is 12.8. The van der Waals surface area contributed by atoms with E-state index in [0.717, 1.165) is 12.0 Å². The first-order valence-electron chi connectivity index (χ1n) is 7.14. The molecule has 3 N–H and O–H groups in total. The van der Waals surface area contributed by atoms with Gasteiger partial charge in [-0.25, -0.2) is 4.79 Å². The average molecular weight is 289 g/mol. The molecule has 5 heteroatoms. The van der Waals surface area contributed by atoms with Crippen LogP contribution in [0.4, 0.5) is 4.79 Å². The van der Waals surface area contributed by atoms with E-state index in [1.165, 1.54) is 0 Å². The number of urea groups is 1. The number of carbonyl (C=O) groups is 1. The smallest absolute Gasteiger partial charge is 0.315 e. The SMILES string of the molecule is CC(C)C[C@H](CO)NC(=O)N[C@H](C)c1cccc(C#N)c1. The van der Waals surface area contributed by atoms with Crippen LogP contribution >= 0.6 is 0 Å². The Balaban J connectivity index is 2.59. The maximum atomic E-state index is 11.9. The van der Waals surface area contributed by atoms with E-state index in [4.69, 9.17) is 5.26 Å². The topological polar surface area (TPSA) is 85.2 Å². The predicted molar refractivity (Wildman–Crippen MR) is 81.6 cm³/mol. The molecule has 0 bridgehead atoms. The van der Waals surface area contributed by atoms with Crippen LogP contribution in [0.5, 0.6) is 0 Å². The molecule has 0 fully saturated rings. The molecule has 1 aromatic carbocycles. The third-order valence-electron chi connectivity index (χ3n) is 3.17. The number of nitrogens with one attached hydrogen (secondary N) is 2. The van der Waals surface area contributed by atoms with E-state index in [1.807, 2.05) is 26.8 Å². The van der Waals surface area contributed by atoms with E-state index < -0.39 is 0 Å². The van der Waals surface area contributed by atoms with Crippen LogP contribution in [0.2, 0.25) is 0 Å². The van der Waals surface area contributed by atoms with Gasteiger partial charge < -0.3 is 15.7 Å². The highest BCUT2D eigenvalue weighted by atomic mass is 16.3. The molecule has 114 valence electrons. The van der Waals surface area contributed by atoms with E-state index in [1.54, 1.807) is 18.2 Å². The van der Waals surface area contributed by atoms with Gasteiger partial charge in [0.05, 0.1) is 30.3 Å². The quantitative estimate of drug-likeness (QED) is 0.751. The molecule has 1 aromatic rings. The monoisotopic (exact) mass is 289 g/mol. The highest BCUT2D eigenvalue weighted by Gasteiger charge is 2.15.